The van der Waals surface area contributed by atoms with Gasteiger partial charge in [-0.2, -0.15) is 0 Å². The molecule has 21 heavy (non-hydrogen) atoms. The number of carbonyl (C=O) groups is 2. The number of amides is 2. The van der Waals surface area contributed by atoms with Crippen molar-refractivity contribution in [3.05, 3.63) is 30.3 Å². The standard InChI is InChI=1S/C17H26N2O2/c1-5-6-10-13-18-15(20)17(2,3)16(21)19(4)14-11-8-7-9-12-14/h7-9,11-12H,5-6,10,13H2,1-4H3,(H,18,20). The Kier molecular flexibility index (Phi) is 6.40. The predicted octanol–water partition coefficient (Wildman–Crippen LogP) is 2.98. The summed E-state index contributed by atoms with van der Waals surface area (Å²) in [5.41, 5.74) is -0.286. The molecule has 0 aliphatic carbocycles. The second-order valence-corrected chi connectivity index (χ2v) is 5.79. The molecule has 0 bridgehead atoms. The highest BCUT2D eigenvalue weighted by Gasteiger charge is 2.38. The third-order valence-corrected chi connectivity index (χ3v) is 3.62. The van der Waals surface area contributed by atoms with Gasteiger partial charge in [-0.15, -0.1) is 0 Å². The van der Waals surface area contributed by atoms with Gasteiger partial charge >= 0.3 is 0 Å². The van der Waals surface area contributed by atoms with Gasteiger partial charge in [0.15, 0.2) is 0 Å². The van der Waals surface area contributed by atoms with Crippen molar-refractivity contribution < 1.29 is 9.59 Å². The molecular weight excluding hydrogens is 264 g/mol. The summed E-state index contributed by atoms with van der Waals surface area (Å²) in [6.45, 7) is 6.08. The molecule has 4 heteroatoms. The molecule has 0 aliphatic heterocycles. The zero-order chi connectivity index (χ0) is 15.9. The second kappa shape index (κ2) is 7.81. The lowest BCUT2D eigenvalue weighted by molar-refractivity contribution is -0.139. The summed E-state index contributed by atoms with van der Waals surface area (Å²) in [7, 11) is 1.70. The number of rotatable bonds is 7. The molecule has 1 rings (SSSR count). The van der Waals surface area contributed by atoms with E-state index in [0.29, 0.717) is 6.54 Å². The zero-order valence-electron chi connectivity index (χ0n) is 13.5. The van der Waals surface area contributed by atoms with E-state index in [9.17, 15) is 9.59 Å². The maximum absolute atomic E-state index is 12.6. The number of anilines is 1. The fraction of sp³-hybridized carbons (Fsp3) is 0.529. The van der Waals surface area contributed by atoms with E-state index >= 15 is 0 Å². The van der Waals surface area contributed by atoms with E-state index in [1.807, 2.05) is 30.3 Å². The number of nitrogens with zero attached hydrogens (tertiary/aromatic N) is 1. The average Bonchev–Trinajstić information content (AvgIpc) is 2.50. The van der Waals surface area contributed by atoms with Crippen molar-refractivity contribution in [1.29, 1.82) is 0 Å². The van der Waals surface area contributed by atoms with E-state index < -0.39 is 5.41 Å². The van der Waals surface area contributed by atoms with Crippen LogP contribution < -0.4 is 10.2 Å². The summed E-state index contributed by atoms with van der Waals surface area (Å²) in [4.78, 5) is 26.3. The minimum absolute atomic E-state index is 0.207. The third-order valence-electron chi connectivity index (χ3n) is 3.62. The van der Waals surface area contributed by atoms with Crippen molar-refractivity contribution in [2.45, 2.75) is 40.0 Å². The summed E-state index contributed by atoms with van der Waals surface area (Å²) in [5.74, 6) is -0.423. The van der Waals surface area contributed by atoms with Crippen LogP contribution in [0.3, 0.4) is 0 Å². The molecule has 0 heterocycles. The van der Waals surface area contributed by atoms with Crippen molar-refractivity contribution >= 4 is 17.5 Å². The summed E-state index contributed by atoms with van der Waals surface area (Å²) in [6, 6.07) is 9.35. The Morgan fingerprint density at radius 1 is 1.14 bits per heavy atom. The molecule has 0 spiro atoms. The molecule has 0 saturated carbocycles. The van der Waals surface area contributed by atoms with Gasteiger partial charge in [0.25, 0.3) is 0 Å². The molecule has 1 N–H and O–H groups in total. The Morgan fingerprint density at radius 3 is 2.33 bits per heavy atom. The van der Waals surface area contributed by atoms with Gasteiger partial charge in [-0.3, -0.25) is 9.59 Å². The second-order valence-electron chi connectivity index (χ2n) is 5.79. The Hall–Kier alpha value is -1.84. The van der Waals surface area contributed by atoms with Crippen molar-refractivity contribution in [2.75, 3.05) is 18.5 Å². The number of benzene rings is 1. The van der Waals surface area contributed by atoms with Gasteiger partial charge in [0.2, 0.25) is 11.8 Å². The van der Waals surface area contributed by atoms with E-state index in [4.69, 9.17) is 0 Å². The molecule has 1 aromatic rings. The first kappa shape index (κ1) is 17.2. The Balaban J connectivity index is 2.67. The monoisotopic (exact) mass is 290 g/mol. The molecule has 0 saturated heterocycles. The molecule has 0 fully saturated rings. The van der Waals surface area contributed by atoms with Crippen LogP contribution in [0.2, 0.25) is 0 Å². The highest BCUT2D eigenvalue weighted by atomic mass is 16.2. The molecule has 0 unspecified atom stereocenters. The van der Waals surface area contributed by atoms with Gasteiger partial charge in [0.1, 0.15) is 5.41 Å². The Morgan fingerprint density at radius 2 is 1.76 bits per heavy atom. The molecule has 4 nitrogen and oxygen atoms in total. The van der Waals surface area contributed by atoms with Crippen LogP contribution in [0.25, 0.3) is 0 Å². The van der Waals surface area contributed by atoms with Gasteiger partial charge in [-0.1, -0.05) is 38.0 Å². The minimum atomic E-state index is -1.07. The molecule has 1 aromatic carbocycles. The van der Waals surface area contributed by atoms with Gasteiger partial charge in [0, 0.05) is 19.3 Å². The highest BCUT2D eigenvalue weighted by molar-refractivity contribution is 6.10. The van der Waals surface area contributed by atoms with Gasteiger partial charge in [-0.25, -0.2) is 0 Å². The molecule has 2 amide bonds. The SMILES string of the molecule is CCCCCNC(=O)C(C)(C)C(=O)N(C)c1ccccc1. The van der Waals surface area contributed by atoms with Crippen LogP contribution in [0, 0.1) is 5.41 Å². The van der Waals surface area contributed by atoms with Crippen LogP contribution in [0.4, 0.5) is 5.69 Å². The maximum Gasteiger partial charge on any atom is 0.241 e. The van der Waals surface area contributed by atoms with Crippen molar-refractivity contribution in [3.63, 3.8) is 0 Å². The van der Waals surface area contributed by atoms with Crippen molar-refractivity contribution in [2.24, 2.45) is 5.41 Å². The average molecular weight is 290 g/mol. The number of hydrogen-bond donors (Lipinski definition) is 1. The van der Waals surface area contributed by atoms with Crippen molar-refractivity contribution in [1.82, 2.24) is 5.32 Å². The molecule has 0 radical (unpaired) electrons. The van der Waals surface area contributed by atoms with Crippen molar-refractivity contribution in [3.8, 4) is 0 Å². The number of nitrogens with one attached hydrogen (secondary N) is 1. The highest BCUT2D eigenvalue weighted by Crippen LogP contribution is 2.22. The zero-order valence-corrected chi connectivity index (χ0v) is 13.5. The lowest BCUT2D eigenvalue weighted by atomic mass is 9.90. The molecule has 116 valence electrons. The normalized spacial score (nSPS) is 11.0. The van der Waals surface area contributed by atoms with Gasteiger partial charge in [0.05, 0.1) is 0 Å². The molecular formula is C17H26N2O2. The van der Waals surface area contributed by atoms with E-state index in [1.54, 1.807) is 20.9 Å². The Bertz CT molecular complexity index is 469. The smallest absolute Gasteiger partial charge is 0.241 e. The Labute approximate surface area is 127 Å². The fourth-order valence-corrected chi connectivity index (χ4v) is 2.08. The number of hydrogen-bond acceptors (Lipinski definition) is 2. The predicted molar refractivity (Wildman–Crippen MR) is 86.2 cm³/mol. The lowest BCUT2D eigenvalue weighted by Gasteiger charge is -2.28. The van der Waals surface area contributed by atoms with Crippen LogP contribution >= 0.6 is 0 Å². The van der Waals surface area contributed by atoms with Gasteiger partial charge < -0.3 is 10.2 Å². The third kappa shape index (κ3) is 4.59. The molecule has 0 atom stereocenters. The summed E-state index contributed by atoms with van der Waals surface area (Å²) < 4.78 is 0. The quantitative estimate of drug-likeness (QED) is 0.620. The lowest BCUT2D eigenvalue weighted by Crippen LogP contribution is -2.48. The fourth-order valence-electron chi connectivity index (χ4n) is 2.08. The van der Waals surface area contributed by atoms with Crippen LogP contribution in [-0.2, 0) is 9.59 Å². The van der Waals surface area contributed by atoms with E-state index in [-0.39, 0.29) is 11.8 Å². The largest absolute Gasteiger partial charge is 0.355 e. The topological polar surface area (TPSA) is 49.4 Å². The molecule has 0 aromatic heterocycles. The number of unbranched alkanes of at least 4 members (excludes halogenated alkanes) is 2. The summed E-state index contributed by atoms with van der Waals surface area (Å²) >= 11 is 0. The van der Waals surface area contributed by atoms with Crippen LogP contribution in [0.5, 0.6) is 0 Å². The number of para-hydroxylation sites is 1. The van der Waals surface area contributed by atoms with E-state index in [1.165, 1.54) is 4.90 Å². The summed E-state index contributed by atoms with van der Waals surface area (Å²) in [5, 5.41) is 2.86. The molecule has 0 aliphatic rings. The van der Waals surface area contributed by atoms with E-state index in [0.717, 1.165) is 24.9 Å². The first-order valence-corrected chi connectivity index (χ1v) is 7.52. The van der Waals surface area contributed by atoms with Gasteiger partial charge in [-0.05, 0) is 32.4 Å². The minimum Gasteiger partial charge on any atom is -0.355 e. The first-order valence-electron chi connectivity index (χ1n) is 7.52. The first-order chi connectivity index (χ1) is 9.91. The van der Waals surface area contributed by atoms with E-state index in [2.05, 4.69) is 12.2 Å². The number of carbonyl (C=O) groups excluding carboxylic acids is 2. The van der Waals surface area contributed by atoms with Crippen LogP contribution in [-0.4, -0.2) is 25.4 Å². The van der Waals surface area contributed by atoms with Crippen LogP contribution in [0.15, 0.2) is 30.3 Å². The summed E-state index contributed by atoms with van der Waals surface area (Å²) in [6.07, 6.45) is 3.13. The maximum atomic E-state index is 12.6. The van der Waals surface area contributed by atoms with Crippen LogP contribution in [0.1, 0.15) is 40.0 Å².